The molecule has 0 bridgehead atoms. The molecule has 0 fully saturated rings. The number of benzene rings is 2. The Bertz CT molecular complexity index is 909. The summed E-state index contributed by atoms with van der Waals surface area (Å²) in [6, 6.07) is 12.0. The fourth-order valence-electron chi connectivity index (χ4n) is 2.55. The van der Waals surface area contributed by atoms with Gasteiger partial charge in [-0.2, -0.15) is 13.2 Å². The van der Waals surface area contributed by atoms with Crippen LogP contribution in [-0.4, -0.2) is 22.1 Å². The van der Waals surface area contributed by atoms with Crippen LogP contribution in [0.3, 0.4) is 0 Å². The molecule has 3 aromatic rings. The van der Waals surface area contributed by atoms with Crippen LogP contribution in [0.2, 0.25) is 5.02 Å². The first-order chi connectivity index (χ1) is 12.7. The van der Waals surface area contributed by atoms with Gasteiger partial charge in [-0.25, -0.2) is 0 Å². The molecule has 0 spiro atoms. The van der Waals surface area contributed by atoms with Crippen LogP contribution < -0.4 is 0 Å². The summed E-state index contributed by atoms with van der Waals surface area (Å²) in [6.45, 7) is 2.33. The average molecular weight is 396 g/mol. The van der Waals surface area contributed by atoms with E-state index in [0.29, 0.717) is 23.3 Å². The SMILES string of the molecule is C[C@@H](c1nnc(-c2cccc(Cl)c2)o1)N(C)Cc1ccc(C(F)(F)F)cc1. The number of hydrogen-bond acceptors (Lipinski definition) is 4. The Morgan fingerprint density at radius 3 is 2.44 bits per heavy atom. The minimum Gasteiger partial charge on any atom is -0.419 e. The van der Waals surface area contributed by atoms with E-state index in [2.05, 4.69) is 10.2 Å². The van der Waals surface area contributed by atoms with E-state index in [-0.39, 0.29) is 6.04 Å². The highest BCUT2D eigenvalue weighted by atomic mass is 35.5. The molecule has 8 heteroatoms. The van der Waals surface area contributed by atoms with Crippen molar-refractivity contribution in [3.63, 3.8) is 0 Å². The van der Waals surface area contributed by atoms with Gasteiger partial charge in [0.15, 0.2) is 0 Å². The Balaban J connectivity index is 1.69. The molecule has 0 aliphatic carbocycles. The third-order valence-corrected chi connectivity index (χ3v) is 4.48. The fraction of sp³-hybridized carbons (Fsp3) is 0.263. The van der Waals surface area contributed by atoms with E-state index in [4.69, 9.17) is 16.0 Å². The maximum Gasteiger partial charge on any atom is 0.416 e. The van der Waals surface area contributed by atoms with Gasteiger partial charge in [0.2, 0.25) is 11.8 Å². The van der Waals surface area contributed by atoms with Crippen LogP contribution >= 0.6 is 11.6 Å². The second-order valence-corrected chi connectivity index (χ2v) is 6.68. The molecule has 0 aliphatic heterocycles. The Morgan fingerprint density at radius 2 is 1.81 bits per heavy atom. The number of rotatable bonds is 5. The average Bonchev–Trinajstić information content (AvgIpc) is 3.11. The van der Waals surface area contributed by atoms with Crippen LogP contribution in [0.15, 0.2) is 52.9 Å². The summed E-state index contributed by atoms with van der Waals surface area (Å²) in [4.78, 5) is 1.91. The second kappa shape index (κ2) is 7.70. The Kier molecular flexibility index (Phi) is 5.53. The molecule has 1 aromatic heterocycles. The van der Waals surface area contributed by atoms with E-state index >= 15 is 0 Å². The van der Waals surface area contributed by atoms with E-state index < -0.39 is 11.7 Å². The van der Waals surface area contributed by atoms with Gasteiger partial charge in [-0.1, -0.05) is 29.8 Å². The zero-order valence-electron chi connectivity index (χ0n) is 14.7. The van der Waals surface area contributed by atoms with Crippen molar-refractivity contribution in [2.75, 3.05) is 7.05 Å². The summed E-state index contributed by atoms with van der Waals surface area (Å²) < 4.78 is 43.7. The van der Waals surface area contributed by atoms with Crippen molar-refractivity contribution in [2.24, 2.45) is 0 Å². The molecule has 0 saturated heterocycles. The molecule has 0 amide bonds. The van der Waals surface area contributed by atoms with Gasteiger partial charge < -0.3 is 4.42 Å². The number of halogens is 4. The highest BCUT2D eigenvalue weighted by Crippen LogP contribution is 2.30. The maximum atomic E-state index is 12.7. The second-order valence-electron chi connectivity index (χ2n) is 6.24. The Labute approximate surface area is 159 Å². The predicted molar refractivity (Wildman–Crippen MR) is 96.1 cm³/mol. The summed E-state index contributed by atoms with van der Waals surface area (Å²) in [6.07, 6.45) is -4.34. The van der Waals surface area contributed by atoms with E-state index in [0.717, 1.165) is 23.3 Å². The van der Waals surface area contributed by atoms with Crippen molar-refractivity contribution in [1.29, 1.82) is 0 Å². The van der Waals surface area contributed by atoms with Gasteiger partial charge in [0.1, 0.15) is 0 Å². The van der Waals surface area contributed by atoms with Crippen LogP contribution in [0.4, 0.5) is 13.2 Å². The minimum atomic E-state index is -4.34. The topological polar surface area (TPSA) is 42.2 Å². The lowest BCUT2D eigenvalue weighted by molar-refractivity contribution is -0.137. The molecule has 2 aromatic carbocycles. The zero-order chi connectivity index (χ0) is 19.6. The molecule has 4 nitrogen and oxygen atoms in total. The molecule has 0 aliphatic rings. The molecule has 1 heterocycles. The van der Waals surface area contributed by atoms with Crippen LogP contribution in [-0.2, 0) is 12.7 Å². The fourth-order valence-corrected chi connectivity index (χ4v) is 2.74. The smallest absolute Gasteiger partial charge is 0.416 e. The highest BCUT2D eigenvalue weighted by Gasteiger charge is 2.30. The van der Waals surface area contributed by atoms with Crippen molar-refractivity contribution in [3.8, 4) is 11.5 Å². The lowest BCUT2D eigenvalue weighted by atomic mass is 10.1. The predicted octanol–water partition coefficient (Wildman–Crippen LogP) is 5.60. The van der Waals surface area contributed by atoms with E-state index in [1.807, 2.05) is 24.9 Å². The summed E-state index contributed by atoms with van der Waals surface area (Å²) in [5.74, 6) is 0.779. The Morgan fingerprint density at radius 1 is 1.11 bits per heavy atom. The van der Waals surface area contributed by atoms with E-state index in [1.165, 1.54) is 12.1 Å². The zero-order valence-corrected chi connectivity index (χ0v) is 15.4. The van der Waals surface area contributed by atoms with Crippen molar-refractivity contribution in [1.82, 2.24) is 15.1 Å². The van der Waals surface area contributed by atoms with Gasteiger partial charge in [0.05, 0.1) is 11.6 Å². The first-order valence-electron chi connectivity index (χ1n) is 8.20. The molecule has 27 heavy (non-hydrogen) atoms. The normalized spacial score (nSPS) is 13.1. The van der Waals surface area contributed by atoms with E-state index in [1.54, 1.807) is 18.2 Å². The number of alkyl halides is 3. The molecule has 3 rings (SSSR count). The van der Waals surface area contributed by atoms with Crippen LogP contribution in [0.5, 0.6) is 0 Å². The van der Waals surface area contributed by atoms with Gasteiger partial charge in [-0.05, 0) is 49.9 Å². The molecule has 142 valence electrons. The quantitative estimate of drug-likeness (QED) is 0.563. The minimum absolute atomic E-state index is 0.215. The molecule has 0 saturated carbocycles. The molecule has 1 atom stereocenters. The van der Waals surface area contributed by atoms with Gasteiger partial charge >= 0.3 is 6.18 Å². The third kappa shape index (κ3) is 4.67. The lowest BCUT2D eigenvalue weighted by Crippen LogP contribution is -2.22. The number of nitrogens with zero attached hydrogens (tertiary/aromatic N) is 3. The first kappa shape index (κ1) is 19.4. The van der Waals surface area contributed by atoms with Gasteiger partial charge in [-0.15, -0.1) is 10.2 Å². The van der Waals surface area contributed by atoms with Gasteiger partial charge in [-0.3, -0.25) is 4.90 Å². The van der Waals surface area contributed by atoms with Crippen LogP contribution in [0.25, 0.3) is 11.5 Å². The number of hydrogen-bond donors (Lipinski definition) is 0. The van der Waals surface area contributed by atoms with Crippen molar-refractivity contribution in [2.45, 2.75) is 25.7 Å². The largest absolute Gasteiger partial charge is 0.419 e. The summed E-state index contributed by atoms with van der Waals surface area (Å²) in [7, 11) is 1.84. The third-order valence-electron chi connectivity index (χ3n) is 4.24. The standard InChI is InChI=1S/C19H17ClF3N3O/c1-12(17-24-25-18(27-17)14-4-3-5-16(20)10-14)26(2)11-13-6-8-15(9-7-13)19(21,22)23/h3-10,12H,11H2,1-2H3/t12-/m0/s1. The van der Waals surface area contributed by atoms with Crippen LogP contribution in [0.1, 0.15) is 30.0 Å². The summed E-state index contributed by atoms with van der Waals surface area (Å²) in [5, 5.41) is 8.70. The lowest BCUT2D eigenvalue weighted by Gasteiger charge is -2.22. The summed E-state index contributed by atoms with van der Waals surface area (Å²) in [5.41, 5.74) is 0.816. The van der Waals surface area contributed by atoms with Gasteiger partial charge in [0.25, 0.3) is 0 Å². The highest BCUT2D eigenvalue weighted by molar-refractivity contribution is 6.30. The molecule has 0 unspecified atom stereocenters. The van der Waals surface area contributed by atoms with Crippen LogP contribution in [0, 0.1) is 0 Å². The van der Waals surface area contributed by atoms with Gasteiger partial charge in [0, 0.05) is 17.1 Å². The molecular weight excluding hydrogens is 379 g/mol. The first-order valence-corrected chi connectivity index (χ1v) is 8.57. The molecule has 0 radical (unpaired) electrons. The molecule has 0 N–H and O–H groups in total. The maximum absolute atomic E-state index is 12.7. The van der Waals surface area contributed by atoms with Crippen molar-refractivity contribution < 1.29 is 17.6 Å². The number of aromatic nitrogens is 2. The molecular formula is C19H17ClF3N3O. The monoisotopic (exact) mass is 395 g/mol. The van der Waals surface area contributed by atoms with Crippen molar-refractivity contribution >= 4 is 11.6 Å². The van der Waals surface area contributed by atoms with E-state index in [9.17, 15) is 13.2 Å². The Hall–Kier alpha value is -2.38. The van der Waals surface area contributed by atoms with Crippen molar-refractivity contribution in [3.05, 3.63) is 70.6 Å². The summed E-state index contributed by atoms with van der Waals surface area (Å²) >= 11 is 5.98.